The number of rotatable bonds is 5. The van der Waals surface area contributed by atoms with Gasteiger partial charge in [-0.2, -0.15) is 0 Å². The molecule has 1 aromatic carbocycles. The lowest BCUT2D eigenvalue weighted by atomic mass is 9.67. The number of Topliss-reactive ketones (excluding diaryl/α,β-unsaturated/α-hetero) is 1. The summed E-state index contributed by atoms with van der Waals surface area (Å²) in [6.07, 6.45) is 5.68. The van der Waals surface area contributed by atoms with Gasteiger partial charge in [0.25, 0.3) is 0 Å². The molecule has 2 aliphatic carbocycles. The molecule has 27 heavy (non-hydrogen) atoms. The predicted octanol–water partition coefficient (Wildman–Crippen LogP) is 3.79. The number of ketones is 1. The highest BCUT2D eigenvalue weighted by molar-refractivity contribution is 5.87. The number of carbonyl (C=O) groups excluding carboxylic acids is 2. The first-order chi connectivity index (χ1) is 13.1. The molecule has 2 aliphatic rings. The molecule has 0 saturated heterocycles. The average molecular weight is 369 g/mol. The molecule has 2 aromatic rings. The highest BCUT2D eigenvalue weighted by atomic mass is 16.5. The van der Waals surface area contributed by atoms with Gasteiger partial charge in [-0.1, -0.05) is 6.42 Å². The van der Waals surface area contributed by atoms with Crippen LogP contribution in [0.2, 0.25) is 0 Å². The van der Waals surface area contributed by atoms with Crippen LogP contribution >= 0.6 is 0 Å². The molecule has 0 aliphatic heterocycles. The second-order valence-electron chi connectivity index (χ2n) is 7.38. The molecular weight excluding hydrogens is 346 g/mol. The fourth-order valence-corrected chi connectivity index (χ4v) is 4.17. The van der Waals surface area contributed by atoms with Gasteiger partial charge in [0.15, 0.2) is 0 Å². The Bertz CT molecular complexity index is 809. The molecule has 1 unspecified atom stereocenters. The van der Waals surface area contributed by atoms with E-state index in [1.54, 1.807) is 7.11 Å². The van der Waals surface area contributed by atoms with Crippen molar-refractivity contribution in [2.45, 2.75) is 38.7 Å². The van der Waals surface area contributed by atoms with Crippen molar-refractivity contribution in [2.75, 3.05) is 7.11 Å². The third kappa shape index (κ3) is 3.75. The molecule has 0 radical (unpaired) electrons. The SMILES string of the molecule is COc1ccc(-c2nc(COC(=O)C3C[C@H]4CCC[C@@H](C3)C4=O)co2)cc1. The monoisotopic (exact) mass is 369 g/mol. The Kier molecular flexibility index (Phi) is 4.97. The van der Waals surface area contributed by atoms with Gasteiger partial charge < -0.3 is 13.9 Å². The van der Waals surface area contributed by atoms with Crippen molar-refractivity contribution in [1.29, 1.82) is 0 Å². The van der Waals surface area contributed by atoms with E-state index in [0.29, 0.717) is 30.2 Å². The number of methoxy groups -OCH3 is 1. The van der Waals surface area contributed by atoms with Crippen molar-refractivity contribution in [3.05, 3.63) is 36.2 Å². The number of ether oxygens (including phenoxy) is 2. The lowest BCUT2D eigenvalue weighted by molar-refractivity contribution is -0.154. The Morgan fingerprint density at radius 2 is 1.89 bits per heavy atom. The van der Waals surface area contributed by atoms with Gasteiger partial charge in [-0.15, -0.1) is 0 Å². The first kappa shape index (κ1) is 17.8. The summed E-state index contributed by atoms with van der Waals surface area (Å²) in [5, 5.41) is 0. The number of carbonyl (C=O) groups is 2. The second kappa shape index (κ2) is 7.55. The minimum atomic E-state index is -0.228. The summed E-state index contributed by atoms with van der Waals surface area (Å²) < 4.78 is 16.1. The summed E-state index contributed by atoms with van der Waals surface area (Å²) in [6, 6.07) is 7.39. The molecule has 2 bridgehead atoms. The number of benzene rings is 1. The van der Waals surface area contributed by atoms with E-state index >= 15 is 0 Å². The third-order valence-electron chi connectivity index (χ3n) is 5.63. The number of hydrogen-bond donors (Lipinski definition) is 0. The Morgan fingerprint density at radius 1 is 1.19 bits per heavy atom. The standard InChI is InChI=1S/C21H23NO5/c1-25-18-7-5-13(6-8-18)20-22-17(11-26-20)12-27-21(24)16-9-14-3-2-4-15(10-16)19(14)23/h5-8,11,14-16H,2-4,9-10,12H2,1H3/t14-,15+,16?. The number of oxazole rings is 1. The van der Waals surface area contributed by atoms with Crippen LogP contribution in [0.3, 0.4) is 0 Å². The van der Waals surface area contributed by atoms with E-state index in [2.05, 4.69) is 4.98 Å². The summed E-state index contributed by atoms with van der Waals surface area (Å²) in [5.41, 5.74) is 1.40. The maximum absolute atomic E-state index is 12.5. The lowest BCUT2D eigenvalue weighted by Gasteiger charge is -2.36. The number of hydrogen-bond acceptors (Lipinski definition) is 6. The van der Waals surface area contributed by atoms with Crippen LogP contribution in [0.25, 0.3) is 11.5 Å². The third-order valence-corrected chi connectivity index (χ3v) is 5.63. The molecule has 0 N–H and O–H groups in total. The summed E-state index contributed by atoms with van der Waals surface area (Å²) >= 11 is 0. The van der Waals surface area contributed by atoms with Crippen LogP contribution in [-0.4, -0.2) is 23.8 Å². The zero-order valence-corrected chi connectivity index (χ0v) is 15.3. The second-order valence-corrected chi connectivity index (χ2v) is 7.38. The van der Waals surface area contributed by atoms with Gasteiger partial charge in [-0.05, 0) is 49.9 Å². The van der Waals surface area contributed by atoms with E-state index in [-0.39, 0.29) is 30.3 Å². The minimum absolute atomic E-state index is 0.0452. The summed E-state index contributed by atoms with van der Waals surface area (Å²) in [4.78, 5) is 29.0. The fraction of sp³-hybridized carbons (Fsp3) is 0.476. The zero-order chi connectivity index (χ0) is 18.8. The van der Waals surface area contributed by atoms with Crippen LogP contribution in [0.4, 0.5) is 0 Å². The first-order valence-electron chi connectivity index (χ1n) is 9.43. The molecule has 3 atom stereocenters. The van der Waals surface area contributed by atoms with Gasteiger partial charge in [0, 0.05) is 17.4 Å². The quantitative estimate of drug-likeness (QED) is 0.746. The number of esters is 1. The zero-order valence-electron chi connectivity index (χ0n) is 15.3. The summed E-state index contributed by atoms with van der Waals surface area (Å²) in [7, 11) is 1.61. The topological polar surface area (TPSA) is 78.6 Å². The van der Waals surface area contributed by atoms with Crippen LogP contribution in [-0.2, 0) is 20.9 Å². The van der Waals surface area contributed by atoms with Crippen molar-refractivity contribution in [3.63, 3.8) is 0 Å². The van der Waals surface area contributed by atoms with E-state index in [4.69, 9.17) is 13.9 Å². The Balaban J connectivity index is 1.34. The molecule has 0 amide bonds. The highest BCUT2D eigenvalue weighted by Crippen LogP contribution is 2.40. The lowest BCUT2D eigenvalue weighted by Crippen LogP contribution is -2.39. The molecule has 2 fully saturated rings. The molecule has 2 saturated carbocycles. The molecule has 0 spiro atoms. The summed E-state index contributed by atoms with van der Waals surface area (Å²) in [6.45, 7) is 0.0816. The van der Waals surface area contributed by atoms with Crippen molar-refractivity contribution in [3.8, 4) is 17.2 Å². The Morgan fingerprint density at radius 3 is 2.56 bits per heavy atom. The van der Waals surface area contributed by atoms with Crippen molar-refractivity contribution >= 4 is 11.8 Å². The van der Waals surface area contributed by atoms with Gasteiger partial charge >= 0.3 is 5.97 Å². The van der Waals surface area contributed by atoms with Crippen LogP contribution in [0.1, 0.15) is 37.8 Å². The van der Waals surface area contributed by atoms with E-state index < -0.39 is 0 Å². The maximum Gasteiger partial charge on any atom is 0.309 e. The van der Waals surface area contributed by atoms with E-state index in [9.17, 15) is 9.59 Å². The van der Waals surface area contributed by atoms with Crippen molar-refractivity contribution in [1.82, 2.24) is 4.98 Å². The molecule has 4 rings (SSSR count). The largest absolute Gasteiger partial charge is 0.497 e. The average Bonchev–Trinajstić information content (AvgIpc) is 3.15. The van der Waals surface area contributed by atoms with E-state index in [1.807, 2.05) is 24.3 Å². The van der Waals surface area contributed by atoms with Crippen LogP contribution < -0.4 is 4.74 Å². The van der Waals surface area contributed by atoms with Crippen LogP contribution in [0.5, 0.6) is 5.75 Å². The number of aromatic nitrogens is 1. The Labute approximate surface area is 157 Å². The molecule has 142 valence electrons. The number of nitrogens with zero attached hydrogens (tertiary/aromatic N) is 1. The van der Waals surface area contributed by atoms with Gasteiger partial charge in [-0.25, -0.2) is 4.98 Å². The maximum atomic E-state index is 12.5. The van der Waals surface area contributed by atoms with E-state index in [1.165, 1.54) is 6.26 Å². The van der Waals surface area contributed by atoms with Gasteiger partial charge in [0.2, 0.25) is 5.89 Å². The molecule has 6 heteroatoms. The smallest absolute Gasteiger partial charge is 0.309 e. The fourth-order valence-electron chi connectivity index (χ4n) is 4.17. The highest BCUT2D eigenvalue weighted by Gasteiger charge is 2.41. The minimum Gasteiger partial charge on any atom is -0.497 e. The predicted molar refractivity (Wildman–Crippen MR) is 96.8 cm³/mol. The molecule has 1 aromatic heterocycles. The first-order valence-corrected chi connectivity index (χ1v) is 9.43. The normalized spacial score (nSPS) is 24.5. The van der Waals surface area contributed by atoms with Crippen molar-refractivity contribution < 1.29 is 23.5 Å². The molecule has 6 nitrogen and oxygen atoms in total. The van der Waals surface area contributed by atoms with Gasteiger partial charge in [-0.3, -0.25) is 9.59 Å². The van der Waals surface area contributed by atoms with Gasteiger partial charge in [0.05, 0.1) is 13.0 Å². The molecule has 1 heterocycles. The van der Waals surface area contributed by atoms with Crippen LogP contribution in [0.15, 0.2) is 34.9 Å². The number of fused-ring (bicyclic) bond motifs is 2. The molecular formula is C21H23NO5. The summed E-state index contributed by atoms with van der Waals surface area (Å²) in [5.74, 6) is 1.27. The van der Waals surface area contributed by atoms with Crippen LogP contribution in [0, 0.1) is 17.8 Å². The van der Waals surface area contributed by atoms with Crippen molar-refractivity contribution in [2.24, 2.45) is 17.8 Å². The van der Waals surface area contributed by atoms with Gasteiger partial charge in [0.1, 0.15) is 30.1 Å². The Hall–Kier alpha value is -2.63. The van der Waals surface area contributed by atoms with E-state index in [0.717, 1.165) is 30.6 Å².